The van der Waals surface area contributed by atoms with Gasteiger partial charge in [0, 0.05) is 11.6 Å². The van der Waals surface area contributed by atoms with Crippen LogP contribution in [0, 0.1) is 11.8 Å². The molecule has 0 aromatic rings. The summed E-state index contributed by atoms with van der Waals surface area (Å²) in [5, 5.41) is 0. The van der Waals surface area contributed by atoms with E-state index < -0.39 is 0 Å². The smallest absolute Gasteiger partial charge is 0.0357 e. The third-order valence-electron chi connectivity index (χ3n) is 5.97. The molecule has 0 saturated heterocycles. The Morgan fingerprint density at radius 1 is 1.00 bits per heavy atom. The monoisotopic (exact) mass is 266 g/mol. The first-order valence-corrected chi connectivity index (χ1v) is 8.49. The summed E-state index contributed by atoms with van der Waals surface area (Å²) in [5.41, 5.74) is 7.13. The lowest BCUT2D eigenvalue weighted by atomic mass is 9.69. The van der Waals surface area contributed by atoms with Crippen molar-refractivity contribution in [2.24, 2.45) is 17.6 Å². The van der Waals surface area contributed by atoms with Crippen molar-refractivity contribution in [2.75, 3.05) is 14.1 Å². The molecule has 2 aliphatic carbocycles. The molecule has 0 aromatic carbocycles. The van der Waals surface area contributed by atoms with Crippen LogP contribution >= 0.6 is 0 Å². The number of rotatable bonds is 3. The Hall–Kier alpha value is -0.0800. The van der Waals surface area contributed by atoms with Gasteiger partial charge in [0.05, 0.1) is 0 Å². The fraction of sp³-hybridized carbons (Fsp3) is 1.00. The van der Waals surface area contributed by atoms with Gasteiger partial charge in [-0.2, -0.15) is 0 Å². The molecule has 2 aliphatic rings. The van der Waals surface area contributed by atoms with Gasteiger partial charge in [0.25, 0.3) is 0 Å². The number of nitrogens with zero attached hydrogens (tertiary/aromatic N) is 1. The Morgan fingerprint density at radius 3 is 2.16 bits per heavy atom. The molecule has 0 aliphatic heterocycles. The summed E-state index contributed by atoms with van der Waals surface area (Å²) in [7, 11) is 4.52. The minimum absolute atomic E-state index is 0.276. The van der Waals surface area contributed by atoms with Crippen LogP contribution in [0.2, 0.25) is 0 Å². The standard InChI is InChI=1S/C17H34N2/c1-14-9-8-10-15(13-14)16(18)17(19(2)3)11-6-4-5-7-12-17/h14-16H,4-13,18H2,1-3H3. The van der Waals surface area contributed by atoms with Gasteiger partial charge in [-0.05, 0) is 51.6 Å². The van der Waals surface area contributed by atoms with E-state index in [4.69, 9.17) is 5.73 Å². The number of likely N-dealkylation sites (N-methyl/N-ethyl adjacent to an activating group) is 1. The highest BCUT2D eigenvalue weighted by molar-refractivity contribution is 5.01. The molecular formula is C17H34N2. The van der Waals surface area contributed by atoms with Crippen molar-refractivity contribution in [2.45, 2.75) is 82.7 Å². The maximum atomic E-state index is 6.85. The zero-order chi connectivity index (χ0) is 13.9. The van der Waals surface area contributed by atoms with Crippen LogP contribution < -0.4 is 5.73 Å². The third-order valence-corrected chi connectivity index (χ3v) is 5.97. The van der Waals surface area contributed by atoms with Crippen molar-refractivity contribution in [3.8, 4) is 0 Å². The molecular weight excluding hydrogens is 232 g/mol. The molecule has 2 heteroatoms. The van der Waals surface area contributed by atoms with Crippen LogP contribution in [0.25, 0.3) is 0 Å². The van der Waals surface area contributed by atoms with Crippen molar-refractivity contribution in [3.05, 3.63) is 0 Å². The summed E-state index contributed by atoms with van der Waals surface area (Å²) in [5.74, 6) is 1.64. The van der Waals surface area contributed by atoms with E-state index in [2.05, 4.69) is 25.9 Å². The first-order valence-electron chi connectivity index (χ1n) is 8.49. The zero-order valence-electron chi connectivity index (χ0n) is 13.3. The molecule has 19 heavy (non-hydrogen) atoms. The van der Waals surface area contributed by atoms with Gasteiger partial charge in [-0.15, -0.1) is 0 Å². The fourth-order valence-corrected chi connectivity index (χ4v) is 4.67. The third kappa shape index (κ3) is 3.33. The van der Waals surface area contributed by atoms with Gasteiger partial charge in [-0.25, -0.2) is 0 Å². The first-order chi connectivity index (χ1) is 9.06. The quantitative estimate of drug-likeness (QED) is 0.787. The molecule has 2 nitrogen and oxygen atoms in total. The SMILES string of the molecule is CC1CCCC(C(N)C2(N(C)C)CCCCCC2)C1. The molecule has 3 atom stereocenters. The lowest BCUT2D eigenvalue weighted by Gasteiger charge is -2.48. The Balaban J connectivity index is 2.12. The highest BCUT2D eigenvalue weighted by atomic mass is 15.2. The average molecular weight is 266 g/mol. The molecule has 0 aromatic heterocycles. The van der Waals surface area contributed by atoms with E-state index in [9.17, 15) is 0 Å². The predicted octanol–water partition coefficient (Wildman–Crippen LogP) is 3.79. The second-order valence-corrected chi connectivity index (χ2v) is 7.47. The minimum Gasteiger partial charge on any atom is -0.326 e. The molecule has 0 amide bonds. The summed E-state index contributed by atoms with van der Waals surface area (Å²) >= 11 is 0. The van der Waals surface area contributed by atoms with E-state index in [-0.39, 0.29) is 5.54 Å². The summed E-state index contributed by atoms with van der Waals surface area (Å²) in [6.45, 7) is 2.41. The lowest BCUT2D eigenvalue weighted by molar-refractivity contribution is 0.0548. The van der Waals surface area contributed by atoms with Gasteiger partial charge in [0.15, 0.2) is 0 Å². The highest BCUT2D eigenvalue weighted by Crippen LogP contribution is 2.40. The van der Waals surface area contributed by atoms with E-state index in [1.165, 1.54) is 64.2 Å². The van der Waals surface area contributed by atoms with Crippen molar-refractivity contribution >= 4 is 0 Å². The lowest BCUT2D eigenvalue weighted by Crippen LogP contribution is -2.60. The maximum Gasteiger partial charge on any atom is 0.0357 e. The second kappa shape index (κ2) is 6.58. The maximum absolute atomic E-state index is 6.85. The first kappa shape index (κ1) is 15.3. The molecule has 2 N–H and O–H groups in total. The molecule has 3 unspecified atom stereocenters. The molecule has 2 saturated carbocycles. The van der Waals surface area contributed by atoms with Crippen LogP contribution in [-0.4, -0.2) is 30.6 Å². The number of nitrogens with two attached hydrogens (primary N) is 1. The summed E-state index contributed by atoms with van der Waals surface area (Å²) in [6, 6.07) is 0.378. The van der Waals surface area contributed by atoms with Crippen molar-refractivity contribution < 1.29 is 0 Å². The summed E-state index contributed by atoms with van der Waals surface area (Å²) < 4.78 is 0. The van der Waals surface area contributed by atoms with Gasteiger partial charge >= 0.3 is 0 Å². The fourth-order valence-electron chi connectivity index (χ4n) is 4.67. The van der Waals surface area contributed by atoms with E-state index in [1.54, 1.807) is 0 Å². The van der Waals surface area contributed by atoms with Crippen LogP contribution in [0.1, 0.15) is 71.1 Å². The zero-order valence-corrected chi connectivity index (χ0v) is 13.3. The second-order valence-electron chi connectivity index (χ2n) is 7.47. The van der Waals surface area contributed by atoms with Crippen LogP contribution in [0.5, 0.6) is 0 Å². The molecule has 2 rings (SSSR count). The molecule has 0 radical (unpaired) electrons. The average Bonchev–Trinajstić information content (AvgIpc) is 2.64. The van der Waals surface area contributed by atoms with Crippen molar-refractivity contribution in [1.82, 2.24) is 4.90 Å². The largest absolute Gasteiger partial charge is 0.326 e. The van der Waals surface area contributed by atoms with Crippen LogP contribution in [0.15, 0.2) is 0 Å². The normalized spacial score (nSPS) is 33.9. The Bertz CT molecular complexity index is 266. The van der Waals surface area contributed by atoms with Crippen LogP contribution in [0.3, 0.4) is 0 Å². The predicted molar refractivity (Wildman–Crippen MR) is 83.2 cm³/mol. The number of hydrogen-bond acceptors (Lipinski definition) is 2. The Kier molecular flexibility index (Phi) is 5.30. The Labute approximate surface area is 120 Å². The molecule has 0 bridgehead atoms. The highest BCUT2D eigenvalue weighted by Gasteiger charge is 2.43. The number of hydrogen-bond donors (Lipinski definition) is 1. The van der Waals surface area contributed by atoms with Gasteiger partial charge < -0.3 is 10.6 Å². The summed E-state index contributed by atoms with van der Waals surface area (Å²) in [4.78, 5) is 2.47. The topological polar surface area (TPSA) is 29.3 Å². The van der Waals surface area contributed by atoms with E-state index >= 15 is 0 Å². The van der Waals surface area contributed by atoms with E-state index in [1.807, 2.05) is 0 Å². The van der Waals surface area contributed by atoms with Gasteiger partial charge in [0.2, 0.25) is 0 Å². The van der Waals surface area contributed by atoms with E-state index in [0.717, 1.165) is 11.8 Å². The van der Waals surface area contributed by atoms with Gasteiger partial charge in [-0.1, -0.05) is 45.4 Å². The Morgan fingerprint density at radius 2 is 1.63 bits per heavy atom. The van der Waals surface area contributed by atoms with Crippen molar-refractivity contribution in [1.29, 1.82) is 0 Å². The van der Waals surface area contributed by atoms with E-state index in [0.29, 0.717) is 6.04 Å². The van der Waals surface area contributed by atoms with Crippen LogP contribution in [0.4, 0.5) is 0 Å². The molecule has 2 fully saturated rings. The molecule has 112 valence electrons. The van der Waals surface area contributed by atoms with Crippen LogP contribution in [-0.2, 0) is 0 Å². The minimum atomic E-state index is 0.276. The summed E-state index contributed by atoms with van der Waals surface area (Å²) in [6.07, 6.45) is 13.7. The van der Waals surface area contributed by atoms with Gasteiger partial charge in [-0.3, -0.25) is 0 Å². The van der Waals surface area contributed by atoms with Gasteiger partial charge in [0.1, 0.15) is 0 Å². The molecule has 0 spiro atoms. The molecule has 0 heterocycles. The van der Waals surface area contributed by atoms with Crippen molar-refractivity contribution in [3.63, 3.8) is 0 Å².